The first-order valence-electron chi connectivity index (χ1n) is 7.34. The Morgan fingerprint density at radius 3 is 2.71 bits per heavy atom. The summed E-state index contributed by atoms with van der Waals surface area (Å²) in [6.07, 6.45) is 2.13. The number of H-pyrrole nitrogens is 1. The summed E-state index contributed by atoms with van der Waals surface area (Å²) in [6, 6.07) is 0. The van der Waals surface area contributed by atoms with Crippen LogP contribution >= 0.6 is 0 Å². The number of carboxylic acid groups (broad SMARTS) is 1. The lowest BCUT2D eigenvalue weighted by Crippen LogP contribution is -2.40. The topological polar surface area (TPSA) is 99.2 Å². The molecule has 7 heteroatoms. The maximum Gasteiger partial charge on any atom is 0.311 e. The minimum atomic E-state index is -0.863. The summed E-state index contributed by atoms with van der Waals surface area (Å²) in [5.41, 5.74) is -0.863. The number of hydrogen-bond donors (Lipinski definition) is 2. The van der Waals surface area contributed by atoms with Gasteiger partial charge in [-0.15, -0.1) is 5.10 Å². The van der Waals surface area contributed by atoms with Gasteiger partial charge in [-0.2, -0.15) is 0 Å². The normalized spacial score (nSPS) is 22.0. The lowest BCUT2D eigenvalue weighted by Gasteiger charge is -2.28. The number of rotatable bonds is 5. The molecule has 0 radical (unpaired) electrons. The number of nitrogens with one attached hydrogen (secondary N) is 1. The van der Waals surface area contributed by atoms with Crippen LogP contribution < -0.4 is 0 Å². The second-order valence-electron chi connectivity index (χ2n) is 5.95. The minimum absolute atomic E-state index is 0.0319. The van der Waals surface area contributed by atoms with Crippen LogP contribution in [0.3, 0.4) is 0 Å². The summed E-state index contributed by atoms with van der Waals surface area (Å²) in [7, 11) is 0. The molecule has 21 heavy (non-hydrogen) atoms. The van der Waals surface area contributed by atoms with Gasteiger partial charge in [-0.3, -0.25) is 14.7 Å². The minimum Gasteiger partial charge on any atom is -0.481 e. The molecule has 0 spiro atoms. The van der Waals surface area contributed by atoms with Gasteiger partial charge in [0.1, 0.15) is 5.82 Å². The largest absolute Gasteiger partial charge is 0.481 e. The van der Waals surface area contributed by atoms with E-state index in [1.54, 1.807) is 4.90 Å². The summed E-state index contributed by atoms with van der Waals surface area (Å²) < 4.78 is 0. The van der Waals surface area contributed by atoms with Crippen molar-refractivity contribution in [3.63, 3.8) is 0 Å². The zero-order valence-corrected chi connectivity index (χ0v) is 12.7. The summed E-state index contributed by atoms with van der Waals surface area (Å²) in [4.78, 5) is 29.7. The number of aryl methyl sites for hydroxylation is 1. The summed E-state index contributed by atoms with van der Waals surface area (Å²) in [6.45, 7) is 6.44. The first kappa shape index (κ1) is 15.5. The van der Waals surface area contributed by atoms with Gasteiger partial charge < -0.3 is 10.0 Å². The molecule has 0 aliphatic carbocycles. The fourth-order valence-electron chi connectivity index (χ4n) is 2.78. The third-order valence-corrected chi connectivity index (χ3v) is 4.33. The lowest BCUT2D eigenvalue weighted by molar-refractivity contribution is -0.150. The molecule has 1 fully saturated rings. The van der Waals surface area contributed by atoms with E-state index < -0.39 is 11.4 Å². The third kappa shape index (κ3) is 2.77. The van der Waals surface area contributed by atoms with E-state index in [2.05, 4.69) is 15.2 Å². The number of aliphatic carboxylic acids is 1. The highest BCUT2D eigenvalue weighted by molar-refractivity contribution is 5.91. The number of aromatic nitrogens is 3. The van der Waals surface area contributed by atoms with E-state index in [1.165, 1.54) is 0 Å². The van der Waals surface area contributed by atoms with Crippen LogP contribution in [0, 0.1) is 11.3 Å². The Hall–Kier alpha value is -1.92. The van der Waals surface area contributed by atoms with Gasteiger partial charge in [0.05, 0.1) is 5.41 Å². The van der Waals surface area contributed by atoms with Crippen molar-refractivity contribution in [3.05, 3.63) is 11.6 Å². The Morgan fingerprint density at radius 2 is 2.19 bits per heavy atom. The summed E-state index contributed by atoms with van der Waals surface area (Å²) in [5, 5.41) is 16.2. The number of carboxylic acids is 1. The average molecular weight is 294 g/mol. The molecule has 1 unspecified atom stereocenters. The van der Waals surface area contributed by atoms with Gasteiger partial charge in [-0.05, 0) is 18.8 Å². The quantitative estimate of drug-likeness (QED) is 0.853. The molecular formula is C14H22N4O3. The zero-order chi connectivity index (χ0) is 15.6. The molecule has 1 aliphatic heterocycles. The summed E-state index contributed by atoms with van der Waals surface area (Å²) in [5.74, 6) is -0.348. The smallest absolute Gasteiger partial charge is 0.311 e. The Labute approximate surface area is 123 Å². The number of aromatic amines is 1. The average Bonchev–Trinajstić information content (AvgIpc) is 3.05. The Morgan fingerprint density at radius 1 is 1.48 bits per heavy atom. The van der Waals surface area contributed by atoms with Crippen molar-refractivity contribution in [2.24, 2.45) is 11.3 Å². The van der Waals surface area contributed by atoms with E-state index in [4.69, 9.17) is 0 Å². The van der Waals surface area contributed by atoms with E-state index in [1.807, 2.05) is 20.8 Å². The molecule has 2 N–H and O–H groups in total. The highest BCUT2D eigenvalue weighted by Gasteiger charge is 2.48. The Kier molecular flexibility index (Phi) is 4.29. The van der Waals surface area contributed by atoms with Crippen LogP contribution in [0.4, 0.5) is 0 Å². The van der Waals surface area contributed by atoms with Crippen molar-refractivity contribution in [2.75, 3.05) is 13.1 Å². The predicted octanol–water partition coefficient (Wildman–Crippen LogP) is 1.33. The van der Waals surface area contributed by atoms with Crippen LogP contribution in [-0.4, -0.2) is 50.2 Å². The number of hydrogen-bond acceptors (Lipinski definition) is 4. The molecule has 7 nitrogen and oxygen atoms in total. The van der Waals surface area contributed by atoms with Crippen molar-refractivity contribution in [1.82, 2.24) is 20.1 Å². The van der Waals surface area contributed by atoms with Crippen molar-refractivity contribution in [1.29, 1.82) is 0 Å². The van der Waals surface area contributed by atoms with Crippen LogP contribution in [0.2, 0.25) is 0 Å². The van der Waals surface area contributed by atoms with E-state index in [0.29, 0.717) is 18.8 Å². The molecule has 2 rings (SSSR count). The second kappa shape index (κ2) is 5.83. The van der Waals surface area contributed by atoms with Crippen LogP contribution in [0.5, 0.6) is 0 Å². The van der Waals surface area contributed by atoms with E-state index in [9.17, 15) is 14.7 Å². The number of carbonyl (C=O) groups is 2. The van der Waals surface area contributed by atoms with Crippen LogP contribution in [0.25, 0.3) is 0 Å². The highest BCUT2D eigenvalue weighted by atomic mass is 16.4. The molecule has 1 saturated heterocycles. The monoisotopic (exact) mass is 294 g/mol. The van der Waals surface area contributed by atoms with Crippen molar-refractivity contribution in [2.45, 2.75) is 40.0 Å². The first-order valence-corrected chi connectivity index (χ1v) is 7.34. The Bertz CT molecular complexity index is 540. The first-order chi connectivity index (χ1) is 9.90. The molecule has 1 aromatic rings. The number of carbonyl (C=O) groups excluding carboxylic acids is 1. The zero-order valence-electron chi connectivity index (χ0n) is 12.7. The van der Waals surface area contributed by atoms with Gasteiger partial charge in [0.2, 0.25) is 5.82 Å². The maximum atomic E-state index is 12.4. The standard InChI is InChI=1S/C14H22N4O3/c1-4-5-10-15-11(17-16-10)12(19)18-7-6-14(8-18,9(2)3)13(20)21/h9H,4-8H2,1-3H3,(H,20,21)(H,15,16,17). The third-order valence-electron chi connectivity index (χ3n) is 4.33. The maximum absolute atomic E-state index is 12.4. The van der Waals surface area contributed by atoms with Gasteiger partial charge in [0, 0.05) is 19.5 Å². The lowest BCUT2D eigenvalue weighted by atomic mass is 9.76. The van der Waals surface area contributed by atoms with Crippen molar-refractivity contribution >= 4 is 11.9 Å². The van der Waals surface area contributed by atoms with Gasteiger partial charge in [-0.1, -0.05) is 20.8 Å². The molecule has 1 aromatic heterocycles. The SMILES string of the molecule is CCCc1nc(C(=O)N2CCC(C(=O)O)(C(C)C)C2)n[nH]1. The molecular weight excluding hydrogens is 272 g/mol. The number of likely N-dealkylation sites (tertiary alicyclic amines) is 1. The van der Waals surface area contributed by atoms with Gasteiger partial charge in [0.15, 0.2) is 0 Å². The highest BCUT2D eigenvalue weighted by Crippen LogP contribution is 2.38. The molecule has 1 atom stereocenters. The van der Waals surface area contributed by atoms with Crippen molar-refractivity contribution in [3.8, 4) is 0 Å². The van der Waals surface area contributed by atoms with Gasteiger partial charge >= 0.3 is 5.97 Å². The van der Waals surface area contributed by atoms with Crippen LogP contribution in [-0.2, 0) is 11.2 Å². The number of nitrogens with zero attached hydrogens (tertiary/aromatic N) is 3. The molecule has 1 amide bonds. The fourth-order valence-corrected chi connectivity index (χ4v) is 2.78. The molecule has 2 heterocycles. The Balaban J connectivity index is 2.12. The molecule has 116 valence electrons. The number of amides is 1. The summed E-state index contributed by atoms with van der Waals surface area (Å²) >= 11 is 0. The molecule has 0 aromatic carbocycles. The molecule has 0 bridgehead atoms. The van der Waals surface area contributed by atoms with Crippen LogP contribution in [0.1, 0.15) is 50.1 Å². The molecule has 0 saturated carbocycles. The van der Waals surface area contributed by atoms with E-state index in [0.717, 1.165) is 12.8 Å². The molecule has 1 aliphatic rings. The van der Waals surface area contributed by atoms with E-state index >= 15 is 0 Å². The van der Waals surface area contributed by atoms with Crippen molar-refractivity contribution < 1.29 is 14.7 Å². The van der Waals surface area contributed by atoms with Gasteiger partial charge in [-0.25, -0.2) is 4.98 Å². The van der Waals surface area contributed by atoms with E-state index in [-0.39, 0.29) is 24.2 Å². The second-order valence-corrected chi connectivity index (χ2v) is 5.95. The fraction of sp³-hybridized carbons (Fsp3) is 0.714. The predicted molar refractivity (Wildman–Crippen MR) is 75.8 cm³/mol. The van der Waals surface area contributed by atoms with Gasteiger partial charge in [0.25, 0.3) is 5.91 Å². The van der Waals surface area contributed by atoms with Crippen LogP contribution in [0.15, 0.2) is 0 Å².